The maximum Gasteiger partial charge on any atom is 0.417 e. The van der Waals surface area contributed by atoms with Crippen LogP contribution in [0.5, 0.6) is 0 Å². The van der Waals surface area contributed by atoms with E-state index < -0.39 is 17.5 Å². The highest BCUT2D eigenvalue weighted by molar-refractivity contribution is 5.97. The predicted molar refractivity (Wildman–Crippen MR) is 67.8 cm³/mol. The Balaban J connectivity index is 2.78. The highest BCUT2D eigenvalue weighted by Crippen LogP contribution is 2.32. The van der Waals surface area contributed by atoms with Gasteiger partial charge in [-0.05, 0) is 31.4 Å². The molecule has 0 aromatic heterocycles. The van der Waals surface area contributed by atoms with Crippen LogP contribution in [-0.4, -0.2) is 12.3 Å². The number of carbonyl (C=O) groups excluding carboxylic acids is 1. The van der Waals surface area contributed by atoms with Gasteiger partial charge in [-0.3, -0.25) is 4.79 Å². The quantitative estimate of drug-likeness (QED) is 0.804. The lowest BCUT2D eigenvalue weighted by Crippen LogP contribution is -2.14. The van der Waals surface area contributed by atoms with Crippen LogP contribution < -0.4 is 5.73 Å². The molecule has 0 saturated heterocycles. The van der Waals surface area contributed by atoms with Crippen molar-refractivity contribution < 1.29 is 18.0 Å². The number of carbonyl (C=O) groups is 1. The van der Waals surface area contributed by atoms with E-state index in [0.29, 0.717) is 13.0 Å². The number of nitrogens with two attached hydrogens (primary N) is 1. The molecule has 106 valence electrons. The van der Waals surface area contributed by atoms with Crippen molar-refractivity contribution >= 4 is 5.78 Å². The zero-order valence-electron chi connectivity index (χ0n) is 10.8. The average molecular weight is 273 g/mol. The summed E-state index contributed by atoms with van der Waals surface area (Å²) in [5.41, 5.74) is 4.30. The van der Waals surface area contributed by atoms with E-state index in [0.717, 1.165) is 12.5 Å². The lowest BCUT2D eigenvalue weighted by atomic mass is 9.95. The number of alkyl halides is 3. The summed E-state index contributed by atoms with van der Waals surface area (Å²) in [6.07, 6.45) is -3.04. The molecule has 2 nitrogen and oxygen atoms in total. The van der Waals surface area contributed by atoms with Crippen molar-refractivity contribution in [3.05, 3.63) is 35.4 Å². The molecule has 0 aliphatic rings. The summed E-state index contributed by atoms with van der Waals surface area (Å²) in [7, 11) is 0. The molecule has 0 radical (unpaired) electrons. The molecule has 1 unspecified atom stereocenters. The second kappa shape index (κ2) is 6.70. The zero-order valence-corrected chi connectivity index (χ0v) is 10.8. The number of halogens is 3. The van der Waals surface area contributed by atoms with Crippen molar-refractivity contribution in [2.45, 2.75) is 32.4 Å². The molecule has 0 spiro atoms. The van der Waals surface area contributed by atoms with E-state index in [1.165, 1.54) is 18.2 Å². The van der Waals surface area contributed by atoms with E-state index in [1.807, 2.05) is 6.92 Å². The number of hydrogen-bond acceptors (Lipinski definition) is 2. The third-order valence-corrected chi connectivity index (χ3v) is 3.06. The number of hydrogen-bond donors (Lipinski definition) is 1. The molecule has 0 fully saturated rings. The van der Waals surface area contributed by atoms with E-state index in [-0.39, 0.29) is 17.9 Å². The summed E-state index contributed by atoms with van der Waals surface area (Å²) < 4.78 is 38.3. The first-order valence-electron chi connectivity index (χ1n) is 6.25. The van der Waals surface area contributed by atoms with Gasteiger partial charge in [0.15, 0.2) is 5.78 Å². The van der Waals surface area contributed by atoms with E-state index in [9.17, 15) is 18.0 Å². The fraction of sp³-hybridized carbons (Fsp3) is 0.500. The van der Waals surface area contributed by atoms with E-state index in [4.69, 9.17) is 5.73 Å². The van der Waals surface area contributed by atoms with Crippen molar-refractivity contribution in [3.8, 4) is 0 Å². The van der Waals surface area contributed by atoms with Crippen LogP contribution in [0.2, 0.25) is 0 Å². The smallest absolute Gasteiger partial charge is 0.330 e. The molecule has 1 atom stereocenters. The molecule has 2 N–H and O–H groups in total. The van der Waals surface area contributed by atoms with Crippen LogP contribution in [-0.2, 0) is 6.18 Å². The Morgan fingerprint density at radius 2 is 1.89 bits per heavy atom. The van der Waals surface area contributed by atoms with Crippen molar-refractivity contribution in [2.24, 2.45) is 11.7 Å². The zero-order chi connectivity index (χ0) is 14.5. The van der Waals surface area contributed by atoms with Crippen molar-refractivity contribution in [3.63, 3.8) is 0 Å². The number of ketones is 1. The third-order valence-electron chi connectivity index (χ3n) is 3.06. The first kappa shape index (κ1) is 15.7. The van der Waals surface area contributed by atoms with Gasteiger partial charge in [0.05, 0.1) is 5.56 Å². The van der Waals surface area contributed by atoms with Gasteiger partial charge in [-0.15, -0.1) is 0 Å². The number of Topliss-reactive ketones (excluding diaryl/α,β-unsaturated/α-hetero) is 1. The van der Waals surface area contributed by atoms with Crippen LogP contribution in [0.3, 0.4) is 0 Å². The second-order valence-corrected chi connectivity index (χ2v) is 4.69. The molecular formula is C14H18F3NO. The molecule has 0 aliphatic heterocycles. The summed E-state index contributed by atoms with van der Waals surface area (Å²) >= 11 is 0. The molecule has 0 heterocycles. The summed E-state index contributed by atoms with van der Waals surface area (Å²) in [5.74, 6) is -0.219. The Morgan fingerprint density at radius 3 is 2.47 bits per heavy atom. The van der Waals surface area contributed by atoms with Crippen molar-refractivity contribution in [1.82, 2.24) is 0 Å². The van der Waals surface area contributed by atoms with Crippen LogP contribution in [0.25, 0.3) is 0 Å². The average Bonchev–Trinajstić information content (AvgIpc) is 2.35. The molecule has 0 aliphatic carbocycles. The van der Waals surface area contributed by atoms with Gasteiger partial charge in [0.1, 0.15) is 0 Å². The molecule has 19 heavy (non-hydrogen) atoms. The fourth-order valence-electron chi connectivity index (χ4n) is 1.91. The first-order chi connectivity index (χ1) is 8.86. The Bertz CT molecular complexity index is 429. The maximum atomic E-state index is 12.8. The largest absolute Gasteiger partial charge is 0.417 e. The van der Waals surface area contributed by atoms with Gasteiger partial charge >= 0.3 is 6.18 Å². The highest BCUT2D eigenvalue weighted by Gasteiger charge is 2.34. The minimum Gasteiger partial charge on any atom is -0.330 e. The lowest BCUT2D eigenvalue weighted by Gasteiger charge is -2.13. The Labute approximate surface area is 110 Å². The molecule has 1 aromatic rings. The van der Waals surface area contributed by atoms with E-state index in [1.54, 1.807) is 0 Å². The number of benzene rings is 1. The van der Waals surface area contributed by atoms with Crippen LogP contribution in [0.4, 0.5) is 13.2 Å². The molecule has 0 amide bonds. The lowest BCUT2D eigenvalue weighted by molar-refractivity contribution is -0.137. The van der Waals surface area contributed by atoms with Gasteiger partial charge in [-0.25, -0.2) is 0 Å². The van der Waals surface area contributed by atoms with Gasteiger partial charge in [-0.2, -0.15) is 13.2 Å². The summed E-state index contributed by atoms with van der Waals surface area (Å²) in [4.78, 5) is 11.9. The SMILES string of the molecule is CC(CCN)CCC(=O)c1ccccc1C(F)(F)F. The minimum absolute atomic E-state index is 0.119. The van der Waals surface area contributed by atoms with Gasteiger partial charge in [-0.1, -0.05) is 25.1 Å². The monoisotopic (exact) mass is 273 g/mol. The Hall–Kier alpha value is -1.36. The molecule has 5 heteroatoms. The van der Waals surface area contributed by atoms with E-state index >= 15 is 0 Å². The van der Waals surface area contributed by atoms with Crippen molar-refractivity contribution in [1.29, 1.82) is 0 Å². The van der Waals surface area contributed by atoms with E-state index in [2.05, 4.69) is 0 Å². The summed E-state index contributed by atoms with van der Waals surface area (Å²) in [5, 5.41) is 0. The molecule has 1 aromatic carbocycles. The molecule has 1 rings (SSSR count). The predicted octanol–water partition coefficient (Wildman–Crippen LogP) is 3.65. The normalized spacial score (nSPS) is 13.3. The Kier molecular flexibility index (Phi) is 5.54. The molecule has 0 saturated carbocycles. The number of rotatable bonds is 6. The molecular weight excluding hydrogens is 255 g/mol. The minimum atomic E-state index is -4.49. The van der Waals surface area contributed by atoms with Crippen LogP contribution in [0.1, 0.15) is 42.1 Å². The van der Waals surface area contributed by atoms with Crippen molar-refractivity contribution in [2.75, 3.05) is 6.54 Å². The fourth-order valence-corrected chi connectivity index (χ4v) is 1.91. The van der Waals surface area contributed by atoms with Gasteiger partial charge < -0.3 is 5.73 Å². The second-order valence-electron chi connectivity index (χ2n) is 4.69. The standard InChI is InChI=1S/C14H18F3NO/c1-10(8-9-18)6-7-13(19)11-4-2-3-5-12(11)14(15,16)17/h2-5,10H,6-9,18H2,1H3. The summed E-state index contributed by atoms with van der Waals surface area (Å²) in [6, 6.07) is 4.91. The van der Waals surface area contributed by atoms with Crippen LogP contribution in [0, 0.1) is 5.92 Å². The van der Waals surface area contributed by atoms with Crippen LogP contribution in [0.15, 0.2) is 24.3 Å². The summed E-state index contributed by atoms with van der Waals surface area (Å²) in [6.45, 7) is 2.46. The van der Waals surface area contributed by atoms with Crippen LogP contribution >= 0.6 is 0 Å². The van der Waals surface area contributed by atoms with Gasteiger partial charge in [0.25, 0.3) is 0 Å². The molecule has 0 bridgehead atoms. The highest BCUT2D eigenvalue weighted by atomic mass is 19.4. The topological polar surface area (TPSA) is 43.1 Å². The van der Waals surface area contributed by atoms with Gasteiger partial charge in [0, 0.05) is 12.0 Å². The van der Waals surface area contributed by atoms with Gasteiger partial charge in [0.2, 0.25) is 0 Å². The Morgan fingerprint density at radius 1 is 1.26 bits per heavy atom. The maximum absolute atomic E-state index is 12.8. The third kappa shape index (κ3) is 4.67. The first-order valence-corrected chi connectivity index (χ1v) is 6.25.